The van der Waals surface area contributed by atoms with Gasteiger partial charge in [0, 0.05) is 102 Å². The zero-order valence-corrected chi connectivity index (χ0v) is 82.0. The average molecular weight is 2100 g/mol. The van der Waals surface area contributed by atoms with E-state index >= 15 is 0 Å². The summed E-state index contributed by atoms with van der Waals surface area (Å²) in [5.74, 6) is -6.46. The first-order valence-electron chi connectivity index (χ1n) is 58.7. The zero-order valence-electron chi connectivity index (χ0n) is 103. The van der Waals surface area contributed by atoms with Crippen LogP contribution in [-0.2, 0) is 18.9 Å². The van der Waals surface area contributed by atoms with Crippen molar-refractivity contribution in [3.63, 3.8) is 0 Å². The summed E-state index contributed by atoms with van der Waals surface area (Å²) in [5.41, 5.74) is 0.380. The van der Waals surface area contributed by atoms with Crippen molar-refractivity contribution in [3.05, 3.63) is 140 Å². The number of aromatic nitrogens is 20. The van der Waals surface area contributed by atoms with E-state index in [0.29, 0.717) is 38.4 Å². The minimum atomic E-state index is -3.39. The Morgan fingerprint density at radius 2 is 0.604 bits per heavy atom. The number of hydrogen-bond donors (Lipinski definition) is 16. The number of rotatable bonds is 40. The number of aliphatic hydroxyl groups is 12. The fourth-order valence-corrected chi connectivity index (χ4v) is 19.7. The van der Waals surface area contributed by atoms with Crippen molar-refractivity contribution in [1.29, 1.82) is 0 Å². The van der Waals surface area contributed by atoms with Gasteiger partial charge in [0.1, 0.15) is 72.1 Å². The van der Waals surface area contributed by atoms with Crippen LogP contribution >= 0.6 is 47.0 Å². The van der Waals surface area contributed by atoms with Crippen molar-refractivity contribution in [2.75, 3.05) is 96.9 Å². The molecule has 8 saturated carbocycles. The summed E-state index contributed by atoms with van der Waals surface area (Å²) in [6, 6.07) is -11.6. The molecular formula is C96H124F4N24O16S4. The Morgan fingerprint density at radius 1 is 0.347 bits per heavy atom. The highest BCUT2D eigenvalue weighted by Crippen LogP contribution is 2.50. The third-order valence-corrected chi connectivity index (χ3v) is 29.2. The van der Waals surface area contributed by atoms with Crippen LogP contribution in [0, 0.1) is 51.0 Å². The number of aliphatic hydroxyl groups excluding tert-OH is 10. The fraction of sp³-hybridized carbons (Fsp3) is 0.583. The summed E-state index contributed by atoms with van der Waals surface area (Å²) in [6.07, 6.45) is -11.9. The van der Waals surface area contributed by atoms with E-state index in [2.05, 4.69) is 102 Å². The average Bonchev–Trinajstić information content (AvgIpc) is 1.56. The lowest BCUT2D eigenvalue weighted by atomic mass is 10.1. The first-order valence-corrected chi connectivity index (χ1v) is 50.7. The molecule has 12 aromatic rings. The summed E-state index contributed by atoms with van der Waals surface area (Å²) in [4.78, 5) is 36.4. The predicted molar refractivity (Wildman–Crippen MR) is 530 cm³/mol. The number of benzene rings is 4. The Morgan fingerprint density at radius 3 is 0.847 bits per heavy atom. The zero-order chi connectivity index (χ0) is 123. The number of nitrogens with one attached hydrogen (secondary N) is 4. The Bertz CT molecular complexity index is 7730. The van der Waals surface area contributed by atoms with E-state index in [0.717, 1.165) is 31.4 Å². The van der Waals surface area contributed by atoms with Gasteiger partial charge in [-0.15, -0.1) is 20.4 Å². The molecule has 144 heavy (non-hydrogen) atoms. The van der Waals surface area contributed by atoms with Gasteiger partial charge in [0.15, 0.2) is 88.6 Å². The van der Waals surface area contributed by atoms with E-state index in [9.17, 15) is 73.7 Å². The summed E-state index contributed by atoms with van der Waals surface area (Å²) < 4.78 is 279. The number of ether oxygens (including phenoxy) is 4. The molecule has 16 N–H and O–H groups in total. The Balaban J connectivity index is 0.000000149. The van der Waals surface area contributed by atoms with Gasteiger partial charge >= 0.3 is 0 Å². The Kier molecular flexibility index (Phi) is 25.9. The third-order valence-electron chi connectivity index (χ3n) is 25.0. The molecule has 8 aliphatic carbocycles. The van der Waals surface area contributed by atoms with Gasteiger partial charge in [-0.3, -0.25) is 0 Å². The molecule has 0 bridgehead atoms. The van der Waals surface area contributed by atoms with Gasteiger partial charge in [-0.25, -0.2) is 76.2 Å². The first-order chi connectivity index (χ1) is 78.9. The van der Waals surface area contributed by atoms with Crippen LogP contribution in [0.25, 0.3) is 44.7 Å². The van der Waals surface area contributed by atoms with Gasteiger partial charge in [-0.1, -0.05) is 144 Å². The molecule has 4 aromatic carbocycles. The Labute approximate surface area is 877 Å². The van der Waals surface area contributed by atoms with Crippen molar-refractivity contribution in [1.82, 2.24) is 99.8 Å². The lowest BCUT2D eigenvalue weighted by Crippen LogP contribution is -2.33. The Hall–Kier alpha value is -9.52. The molecule has 8 fully saturated rings. The molecule has 24 atom stereocenters. The largest absolute Gasteiger partial charge is 0.394 e. The standard InChI is InChI=1S/4C24H31FN6O4S/c4*1-3-8-36-24-27-22(26-16-10-14(16)13-5-4-12(2)15(25)9-13)19-23(28-24)31(30-29-19)17-11-18(35-7-6-32)21(34)20(17)33/h4*4-5,9,14,16-18,20-21,32-34H,3,6-8,10-11H2,1-2H3,(H,26,27,28)/t4*14-,16+,17+,18-,20-,21+/m0000/s1/i4D,5D,6D2,7D2,9D,14D;4D,5D,7D2,9D,14D;4D,5D,6D2,9D,14D;4D,5D,9D,14D. The van der Waals surface area contributed by atoms with E-state index < -0.39 is 238 Å². The van der Waals surface area contributed by atoms with E-state index in [1.54, 1.807) is 0 Å². The molecule has 0 saturated heterocycles. The number of hydrogen-bond acceptors (Lipinski definition) is 40. The number of thioether (sulfide) groups is 4. The smallest absolute Gasteiger partial charge is 0.191 e. The first kappa shape index (κ1) is 78.7. The van der Waals surface area contributed by atoms with E-state index in [1.807, 2.05) is 27.7 Å². The van der Waals surface area contributed by atoms with Crippen LogP contribution in [0.3, 0.4) is 0 Å². The number of anilines is 4. The second-order valence-electron chi connectivity index (χ2n) is 35.2. The molecule has 0 aliphatic heterocycles. The molecular weight excluding hydrogens is 1950 g/mol. The maximum Gasteiger partial charge on any atom is 0.191 e. The molecule has 0 radical (unpaired) electrons. The second kappa shape index (κ2) is 47.3. The normalized spacial score (nSPS) is 32.4. The molecule has 0 amide bonds. The lowest BCUT2D eigenvalue weighted by molar-refractivity contribution is -0.0629. The summed E-state index contributed by atoms with van der Waals surface area (Å²) in [6.45, 7) is -0.271. The molecule has 20 rings (SSSR count). The lowest BCUT2D eigenvalue weighted by Gasteiger charge is -2.17. The predicted octanol–water partition coefficient (Wildman–Crippen LogP) is 8.73. The van der Waals surface area contributed by atoms with Crippen LogP contribution in [0.4, 0.5) is 40.8 Å². The molecule has 8 heterocycles. The summed E-state index contributed by atoms with van der Waals surface area (Å²) in [5, 5.41) is 170. The molecule has 8 aliphatic rings. The minimum Gasteiger partial charge on any atom is -0.394 e. The van der Waals surface area contributed by atoms with Gasteiger partial charge in [-0.2, -0.15) is 0 Å². The third kappa shape index (κ3) is 23.8. The highest BCUT2D eigenvalue weighted by Gasteiger charge is 2.51. The molecule has 40 nitrogen and oxygen atoms in total. The van der Waals surface area contributed by atoms with Crippen molar-refractivity contribution in [2.45, 2.75) is 298 Å². The van der Waals surface area contributed by atoms with Crippen molar-refractivity contribution in [3.8, 4) is 0 Å². The number of fused-ring (bicyclic) bond motifs is 4. The van der Waals surface area contributed by atoms with Crippen molar-refractivity contribution < 1.29 is 131 Å². The highest BCUT2D eigenvalue weighted by atomic mass is 32.2. The van der Waals surface area contributed by atoms with E-state index in [4.69, 9.17) is 57.0 Å². The van der Waals surface area contributed by atoms with E-state index in [-0.39, 0.29) is 219 Å². The topological polar surface area (TPSA) is 554 Å². The number of halogens is 4. The van der Waals surface area contributed by atoms with Crippen LogP contribution in [-0.4, -0.2) is 334 Å². The van der Waals surface area contributed by atoms with E-state index in [1.165, 1.54) is 93.5 Å². The molecule has 0 unspecified atom stereocenters. The summed E-state index contributed by atoms with van der Waals surface area (Å²) >= 11 is 5.39. The van der Waals surface area contributed by atoms with Crippen molar-refractivity contribution in [2.24, 2.45) is 0 Å². The fourth-order valence-electron chi connectivity index (χ4n) is 17.0. The monoisotopic (exact) mass is 2100 g/mol. The minimum absolute atomic E-state index is 0.0102. The van der Waals surface area contributed by atoms with Gasteiger partial charge in [0.05, 0.1) is 129 Å². The van der Waals surface area contributed by atoms with Gasteiger partial charge in [0.25, 0.3) is 0 Å². The van der Waals surface area contributed by atoms with Crippen LogP contribution in [0.1, 0.15) is 230 Å². The SMILES string of the molecule is [2H]c1c([2H])c([C@]2([2H])C[C@H]2Nc2nc(SCCC)nc3c2nnn3[C@@H]2C[C@H](OC([2H])([2H])C([2H])([2H])O)[C@@H](O)[C@H]2O)c([2H])c(F)c1C.[2H]c1c([2H])c([C@]2([2H])C[C@H]2Nc2nc(SCCC)nc3c2nnn3[C@@H]2C[C@H](OC([2H])([2H])CO)[C@@H](O)[C@H]2O)c([2H])c(F)c1C.[2H]c1c([2H])c([C@]2([2H])C[C@H]2Nc2nc(SCCC)nc3c2nnn3[C@@H]2C[C@H](OCC([2H])([2H])O)[C@@H](O)[C@H]2O)c([2H])c(F)c1C.[2H]c1c([2H])c([C@]2([2H])C[C@H]2Nc2nc(SCCC)nc3c2nnn3[C@@H]2C[C@H](OCCO)[C@@H](O)[C@H]2O)c([2H])c(F)c1C. The molecule has 776 valence electrons. The number of nitrogens with zero attached hydrogens (tertiary/aromatic N) is 20. The van der Waals surface area contributed by atoms with Gasteiger partial charge in [0.2, 0.25) is 0 Å². The van der Waals surface area contributed by atoms with Gasteiger partial charge in [-0.05, 0) is 148 Å². The van der Waals surface area contributed by atoms with Crippen LogP contribution < -0.4 is 21.3 Å². The van der Waals surface area contributed by atoms with Crippen LogP contribution in [0.2, 0.25) is 0 Å². The van der Waals surface area contributed by atoms with Crippen LogP contribution in [0.5, 0.6) is 0 Å². The maximum absolute atomic E-state index is 14.7. The van der Waals surface area contributed by atoms with Gasteiger partial charge < -0.3 is 101 Å². The second-order valence-corrected chi connectivity index (χ2v) is 39.5. The summed E-state index contributed by atoms with van der Waals surface area (Å²) in [7, 11) is 0. The van der Waals surface area contributed by atoms with Crippen LogP contribution in [0.15, 0.2) is 93.1 Å². The molecule has 8 aromatic heterocycles. The molecule has 48 heteroatoms. The quantitative estimate of drug-likeness (QED) is 0.00969. The highest BCUT2D eigenvalue weighted by molar-refractivity contribution is 7.99. The van der Waals surface area contributed by atoms with Crippen molar-refractivity contribution >= 4 is 115 Å². The maximum atomic E-state index is 14.7. The molecule has 0 spiro atoms.